The van der Waals surface area contributed by atoms with E-state index < -0.39 is 16.2 Å². The van der Waals surface area contributed by atoms with Crippen LogP contribution >= 0.6 is 22.7 Å². The predicted octanol–water partition coefficient (Wildman–Crippen LogP) is 2.68. The average Bonchev–Trinajstić information content (AvgIpc) is 1.99. The fraction of sp³-hybridized carbons (Fsp3) is 1.00. The van der Waals surface area contributed by atoms with E-state index in [2.05, 4.69) is 13.8 Å². The molecule has 0 N–H and O–H groups in total. The van der Waals surface area contributed by atoms with Gasteiger partial charge in [0.1, 0.15) is 0 Å². The van der Waals surface area contributed by atoms with Crippen LogP contribution in [0, 0.1) is 0 Å². The Morgan fingerprint density at radius 3 is 2.10 bits per heavy atom. The summed E-state index contributed by atoms with van der Waals surface area (Å²) in [5.41, 5.74) is 1.38. The summed E-state index contributed by atoms with van der Waals surface area (Å²) in [6.45, 7) is 4.56. The molecule has 10 heavy (non-hydrogen) atoms. The Bertz CT molecular complexity index is 125. The van der Waals surface area contributed by atoms with Crippen molar-refractivity contribution in [2.75, 3.05) is 0 Å². The zero-order chi connectivity index (χ0) is 7.78. The van der Waals surface area contributed by atoms with Gasteiger partial charge in [-0.05, 0) is 5.67 Å². The maximum absolute atomic E-state index is 6.21. The van der Waals surface area contributed by atoms with Gasteiger partial charge >= 0.3 is 0 Å². The minimum absolute atomic E-state index is 0.490. The van der Waals surface area contributed by atoms with Crippen LogP contribution in [0.1, 0.15) is 13.8 Å². The molecule has 0 amide bonds. The highest BCUT2D eigenvalue weighted by Crippen LogP contribution is 2.42. The van der Waals surface area contributed by atoms with E-state index in [1.165, 1.54) is 17.8 Å². The first-order chi connectivity index (χ1) is 4.66. The first-order valence-corrected chi connectivity index (χ1v) is 10.3. The lowest BCUT2D eigenvalue weighted by atomic mass is 10.9. The minimum atomic E-state index is -0.962. The molecular formula is C6H14Cl2Si2. The molecule has 0 spiro atoms. The molecule has 0 aromatic carbocycles. The van der Waals surface area contributed by atoms with Gasteiger partial charge in [0.05, 0.1) is 8.07 Å². The smallest absolute Gasteiger partial charge is 0.153 e. The highest BCUT2D eigenvalue weighted by atomic mass is 35.6. The molecule has 0 bridgehead atoms. The van der Waals surface area contributed by atoms with Crippen molar-refractivity contribution in [1.82, 2.24) is 0 Å². The Labute approximate surface area is 75.2 Å². The molecule has 1 saturated heterocycles. The van der Waals surface area contributed by atoms with Gasteiger partial charge in [0.2, 0.25) is 0 Å². The first-order valence-electron chi connectivity index (χ1n) is 3.94. The van der Waals surface area contributed by atoms with E-state index in [1.807, 2.05) is 0 Å². The normalized spacial score (nSPS) is 37.2. The molecular weight excluding hydrogens is 199 g/mol. The summed E-state index contributed by atoms with van der Waals surface area (Å²) in [7, 11) is -1.89. The van der Waals surface area contributed by atoms with Crippen molar-refractivity contribution >= 4 is 38.9 Å². The maximum Gasteiger partial charge on any atom is 0.153 e. The van der Waals surface area contributed by atoms with Gasteiger partial charge < -0.3 is 0 Å². The van der Waals surface area contributed by atoms with Gasteiger partial charge in [-0.25, -0.2) is 0 Å². The van der Waals surface area contributed by atoms with Crippen molar-refractivity contribution in [2.24, 2.45) is 0 Å². The number of halogens is 2. The molecule has 0 nitrogen and oxygen atoms in total. The van der Waals surface area contributed by atoms with Gasteiger partial charge in [-0.2, -0.15) is 11.1 Å². The molecule has 1 heterocycles. The quantitative estimate of drug-likeness (QED) is 0.376. The summed E-state index contributed by atoms with van der Waals surface area (Å²) in [6, 6.07) is 2.68. The lowest BCUT2D eigenvalue weighted by Gasteiger charge is -2.46. The van der Waals surface area contributed by atoms with E-state index in [1.54, 1.807) is 0 Å². The molecule has 1 rings (SSSR count). The van der Waals surface area contributed by atoms with E-state index in [4.69, 9.17) is 22.7 Å². The van der Waals surface area contributed by atoms with Gasteiger partial charge in [0.25, 0.3) is 0 Å². The van der Waals surface area contributed by atoms with Gasteiger partial charge in [0, 0.05) is 4.62 Å². The van der Waals surface area contributed by atoms with Gasteiger partial charge in [0.15, 0.2) is 8.11 Å². The summed E-state index contributed by atoms with van der Waals surface area (Å²) >= 11 is 12.3. The third-order valence-corrected chi connectivity index (χ3v) is 21.1. The van der Waals surface area contributed by atoms with Crippen molar-refractivity contribution in [3.05, 3.63) is 0 Å². The Kier molecular flexibility index (Phi) is 2.89. The third kappa shape index (κ3) is 1.19. The molecule has 2 unspecified atom stereocenters. The van der Waals surface area contributed by atoms with Crippen molar-refractivity contribution in [3.63, 3.8) is 0 Å². The Balaban J connectivity index is 2.54. The van der Waals surface area contributed by atoms with Crippen molar-refractivity contribution in [1.29, 1.82) is 0 Å². The minimum Gasteiger partial charge on any atom is -0.171 e. The van der Waals surface area contributed by atoms with Gasteiger partial charge in [-0.15, -0.1) is 11.6 Å². The summed E-state index contributed by atoms with van der Waals surface area (Å²) in [6.07, 6.45) is 0. The second-order valence-corrected chi connectivity index (χ2v) is 14.9. The molecule has 0 aromatic rings. The molecule has 1 aliphatic rings. The zero-order valence-corrected chi connectivity index (χ0v) is 10.2. The van der Waals surface area contributed by atoms with Gasteiger partial charge in [-0.1, -0.05) is 25.9 Å². The van der Waals surface area contributed by atoms with Crippen LogP contribution < -0.4 is 0 Å². The summed E-state index contributed by atoms with van der Waals surface area (Å²) in [4.78, 5) is 0. The summed E-state index contributed by atoms with van der Waals surface area (Å²) < 4.78 is 0.490. The van der Waals surface area contributed by atoms with Crippen LogP contribution in [-0.2, 0) is 0 Å². The number of rotatable bonds is 2. The van der Waals surface area contributed by atoms with E-state index in [9.17, 15) is 0 Å². The Hall–Kier alpha value is 1.01. The topological polar surface area (TPSA) is 0 Å². The first kappa shape index (κ1) is 9.10. The highest BCUT2D eigenvalue weighted by Gasteiger charge is 2.52. The van der Waals surface area contributed by atoms with E-state index in [0.29, 0.717) is 4.62 Å². The molecule has 2 atom stereocenters. The van der Waals surface area contributed by atoms with E-state index >= 15 is 0 Å². The average molecular weight is 213 g/mol. The number of hydrogen-bond donors (Lipinski definition) is 0. The fourth-order valence-electron chi connectivity index (χ4n) is 1.76. The van der Waals surface area contributed by atoms with Crippen LogP contribution in [0.5, 0.6) is 0 Å². The molecule has 1 fully saturated rings. The molecule has 0 aromatic heterocycles. The van der Waals surface area contributed by atoms with Crippen LogP contribution in [0.15, 0.2) is 0 Å². The lowest BCUT2D eigenvalue weighted by molar-refractivity contribution is 1.16. The largest absolute Gasteiger partial charge is 0.171 e. The van der Waals surface area contributed by atoms with Crippen molar-refractivity contribution in [2.45, 2.75) is 36.2 Å². The van der Waals surface area contributed by atoms with Gasteiger partial charge in [-0.3, -0.25) is 0 Å². The van der Waals surface area contributed by atoms with Crippen LogP contribution in [0.25, 0.3) is 0 Å². The molecule has 0 saturated carbocycles. The molecule has 0 aliphatic carbocycles. The predicted molar refractivity (Wildman–Crippen MR) is 54.2 cm³/mol. The molecule has 0 radical (unpaired) electrons. The highest BCUT2D eigenvalue weighted by molar-refractivity contribution is 7.30. The SMILES string of the molecule is CC[Si]1(CC)C[SiH](Cl)C1Cl. The Morgan fingerprint density at radius 2 is 2.00 bits per heavy atom. The van der Waals surface area contributed by atoms with Crippen molar-refractivity contribution < 1.29 is 0 Å². The number of hydrogen-bond acceptors (Lipinski definition) is 0. The zero-order valence-electron chi connectivity index (χ0n) is 6.53. The molecule has 4 heteroatoms. The number of alkyl halides is 1. The third-order valence-electron chi connectivity index (χ3n) is 2.91. The summed E-state index contributed by atoms with van der Waals surface area (Å²) in [5.74, 6) is 0. The van der Waals surface area contributed by atoms with E-state index in [-0.39, 0.29) is 0 Å². The Morgan fingerprint density at radius 1 is 1.50 bits per heavy atom. The second kappa shape index (κ2) is 3.17. The lowest BCUT2D eigenvalue weighted by Crippen LogP contribution is -2.62. The van der Waals surface area contributed by atoms with Crippen LogP contribution in [0.2, 0.25) is 17.8 Å². The molecule has 1 aliphatic heterocycles. The standard InChI is InChI=1S/C6H14Cl2Si2/c1-3-10(4-2)5-9(8)6(10)7/h6,9H,3-5H2,1-2H3. The fourth-order valence-corrected chi connectivity index (χ4v) is 21.1. The van der Waals surface area contributed by atoms with Crippen molar-refractivity contribution in [3.8, 4) is 0 Å². The van der Waals surface area contributed by atoms with Crippen LogP contribution in [0.3, 0.4) is 0 Å². The van der Waals surface area contributed by atoms with Crippen LogP contribution in [-0.4, -0.2) is 20.8 Å². The van der Waals surface area contributed by atoms with Crippen LogP contribution in [0.4, 0.5) is 0 Å². The molecule has 60 valence electrons. The monoisotopic (exact) mass is 212 g/mol. The van der Waals surface area contributed by atoms with E-state index in [0.717, 1.165) is 0 Å². The maximum atomic E-state index is 6.21. The summed E-state index contributed by atoms with van der Waals surface area (Å²) in [5, 5.41) is 0. The second-order valence-electron chi connectivity index (χ2n) is 3.19.